The largest absolute Gasteiger partial charge is 0.377 e. The number of ether oxygens (including phenoxy) is 1. The van der Waals surface area contributed by atoms with Crippen LogP contribution in [0.5, 0.6) is 0 Å². The first-order valence-electron chi connectivity index (χ1n) is 3.91. The molecule has 1 fully saturated rings. The predicted molar refractivity (Wildman–Crippen MR) is 46.6 cm³/mol. The van der Waals surface area contributed by atoms with Crippen molar-refractivity contribution in [2.24, 2.45) is 0 Å². The second-order valence-electron chi connectivity index (χ2n) is 3.42. The molecule has 0 spiro atoms. The summed E-state index contributed by atoms with van der Waals surface area (Å²) in [5.41, 5.74) is 0. The van der Waals surface area contributed by atoms with Gasteiger partial charge in [0.1, 0.15) is 0 Å². The van der Waals surface area contributed by atoms with Gasteiger partial charge in [-0.15, -0.1) is 0 Å². The molecule has 1 saturated heterocycles. The van der Waals surface area contributed by atoms with Gasteiger partial charge in [0.25, 0.3) is 0 Å². The molecule has 0 saturated carbocycles. The molecule has 0 aromatic heterocycles. The van der Waals surface area contributed by atoms with Crippen LogP contribution in [-0.2, 0) is 4.74 Å². The lowest BCUT2D eigenvalue weighted by Crippen LogP contribution is -2.35. The average molecular weight is 207 g/mol. The van der Waals surface area contributed by atoms with Gasteiger partial charge in [-0.1, -0.05) is 15.9 Å². The third-order valence-electron chi connectivity index (χ3n) is 1.95. The Morgan fingerprint density at radius 2 is 2.10 bits per heavy atom. The maximum Gasteiger partial charge on any atom is 0.0722 e. The standard InChI is InChI=1S/C8H15BrO/c1-8(2,9)7-5-3-4-6-10-7/h7H,3-6H2,1-2H3. The number of halogens is 1. The Hall–Kier alpha value is 0.440. The summed E-state index contributed by atoms with van der Waals surface area (Å²) in [7, 11) is 0. The molecule has 0 bridgehead atoms. The molecular weight excluding hydrogens is 192 g/mol. The molecule has 1 aliphatic rings. The van der Waals surface area contributed by atoms with Crippen molar-refractivity contribution in [3.05, 3.63) is 0 Å². The van der Waals surface area contributed by atoms with Crippen LogP contribution >= 0.6 is 15.9 Å². The Morgan fingerprint density at radius 3 is 2.40 bits per heavy atom. The van der Waals surface area contributed by atoms with Crippen molar-refractivity contribution >= 4 is 15.9 Å². The second-order valence-corrected chi connectivity index (χ2v) is 5.46. The van der Waals surface area contributed by atoms with Crippen LogP contribution < -0.4 is 0 Å². The quantitative estimate of drug-likeness (QED) is 0.600. The van der Waals surface area contributed by atoms with Gasteiger partial charge >= 0.3 is 0 Å². The zero-order valence-corrected chi connectivity index (χ0v) is 8.28. The fourth-order valence-electron chi connectivity index (χ4n) is 1.28. The average Bonchev–Trinajstić information content (AvgIpc) is 1.88. The summed E-state index contributed by atoms with van der Waals surface area (Å²) < 4.78 is 5.76. The summed E-state index contributed by atoms with van der Waals surface area (Å²) in [6.07, 6.45) is 4.18. The topological polar surface area (TPSA) is 9.23 Å². The summed E-state index contributed by atoms with van der Waals surface area (Å²) in [4.78, 5) is 0. The van der Waals surface area contributed by atoms with Crippen molar-refractivity contribution in [2.75, 3.05) is 6.61 Å². The van der Waals surface area contributed by atoms with E-state index in [1.165, 1.54) is 19.3 Å². The molecule has 0 N–H and O–H groups in total. The van der Waals surface area contributed by atoms with Crippen LogP contribution in [0.15, 0.2) is 0 Å². The highest BCUT2D eigenvalue weighted by Gasteiger charge is 2.28. The minimum absolute atomic E-state index is 0.160. The van der Waals surface area contributed by atoms with Crippen LogP contribution in [0.4, 0.5) is 0 Å². The van der Waals surface area contributed by atoms with Crippen LogP contribution in [0.3, 0.4) is 0 Å². The first kappa shape index (κ1) is 8.54. The summed E-state index contributed by atoms with van der Waals surface area (Å²) in [6.45, 7) is 5.28. The highest BCUT2D eigenvalue weighted by molar-refractivity contribution is 9.10. The molecule has 0 aliphatic carbocycles. The van der Waals surface area contributed by atoms with Gasteiger partial charge in [0.05, 0.1) is 6.10 Å². The van der Waals surface area contributed by atoms with Gasteiger partial charge in [-0.3, -0.25) is 0 Å². The Labute approximate surface area is 71.3 Å². The molecule has 2 heteroatoms. The fraction of sp³-hybridized carbons (Fsp3) is 1.00. The van der Waals surface area contributed by atoms with Crippen molar-refractivity contribution in [1.29, 1.82) is 0 Å². The molecule has 1 heterocycles. The van der Waals surface area contributed by atoms with E-state index >= 15 is 0 Å². The van der Waals surface area contributed by atoms with E-state index in [0.717, 1.165) is 6.61 Å². The van der Waals surface area contributed by atoms with E-state index in [1.54, 1.807) is 0 Å². The maximum atomic E-state index is 5.60. The molecule has 1 nitrogen and oxygen atoms in total. The van der Waals surface area contributed by atoms with Gasteiger partial charge < -0.3 is 4.74 Å². The Bertz CT molecular complexity index is 100. The van der Waals surface area contributed by atoms with Crippen molar-refractivity contribution < 1.29 is 4.74 Å². The Kier molecular flexibility index (Phi) is 2.75. The minimum Gasteiger partial charge on any atom is -0.377 e. The summed E-state index contributed by atoms with van der Waals surface area (Å²) in [6, 6.07) is 0. The highest BCUT2D eigenvalue weighted by atomic mass is 79.9. The molecule has 0 aromatic carbocycles. The molecule has 1 rings (SSSR count). The fourth-order valence-corrected chi connectivity index (χ4v) is 1.64. The number of hydrogen-bond donors (Lipinski definition) is 0. The maximum absolute atomic E-state index is 5.60. The Balaban J connectivity index is 2.39. The van der Waals surface area contributed by atoms with E-state index in [9.17, 15) is 0 Å². The van der Waals surface area contributed by atoms with Gasteiger partial charge in [0.2, 0.25) is 0 Å². The number of hydrogen-bond acceptors (Lipinski definition) is 1. The van der Waals surface area contributed by atoms with Gasteiger partial charge in [-0.2, -0.15) is 0 Å². The lowest BCUT2D eigenvalue weighted by Gasteiger charge is -2.32. The Morgan fingerprint density at radius 1 is 1.40 bits per heavy atom. The van der Waals surface area contributed by atoms with Gasteiger partial charge in [-0.25, -0.2) is 0 Å². The molecular formula is C8H15BrO. The smallest absolute Gasteiger partial charge is 0.0722 e. The lowest BCUT2D eigenvalue weighted by atomic mass is 9.99. The number of alkyl halides is 1. The van der Waals surface area contributed by atoms with Crippen LogP contribution in [0.25, 0.3) is 0 Å². The lowest BCUT2D eigenvalue weighted by molar-refractivity contribution is 0.000242. The van der Waals surface area contributed by atoms with Crippen LogP contribution in [0, 0.1) is 0 Å². The molecule has 0 radical (unpaired) electrons. The van der Waals surface area contributed by atoms with Crippen LogP contribution in [0.1, 0.15) is 33.1 Å². The molecule has 1 aliphatic heterocycles. The molecule has 1 unspecified atom stereocenters. The second kappa shape index (κ2) is 3.22. The van der Waals surface area contributed by atoms with Crippen molar-refractivity contribution in [2.45, 2.75) is 43.5 Å². The van der Waals surface area contributed by atoms with E-state index in [1.807, 2.05) is 0 Å². The third kappa shape index (κ3) is 2.24. The molecule has 0 amide bonds. The molecule has 0 aromatic rings. The van der Waals surface area contributed by atoms with E-state index in [0.29, 0.717) is 6.10 Å². The van der Waals surface area contributed by atoms with E-state index in [4.69, 9.17) is 4.74 Å². The van der Waals surface area contributed by atoms with E-state index < -0.39 is 0 Å². The zero-order valence-electron chi connectivity index (χ0n) is 6.69. The van der Waals surface area contributed by atoms with Crippen molar-refractivity contribution in [1.82, 2.24) is 0 Å². The van der Waals surface area contributed by atoms with Gasteiger partial charge in [0.15, 0.2) is 0 Å². The summed E-state index contributed by atoms with van der Waals surface area (Å²) in [5, 5.41) is 0. The SMILES string of the molecule is CC(C)(Br)C1CCCCO1. The normalized spacial score (nSPS) is 28.5. The monoisotopic (exact) mass is 206 g/mol. The van der Waals surface area contributed by atoms with E-state index in [2.05, 4.69) is 29.8 Å². The van der Waals surface area contributed by atoms with Crippen LogP contribution in [-0.4, -0.2) is 17.0 Å². The third-order valence-corrected chi connectivity index (χ3v) is 2.46. The van der Waals surface area contributed by atoms with Gasteiger partial charge in [-0.05, 0) is 33.1 Å². The summed E-state index contributed by atoms with van der Waals surface area (Å²) in [5.74, 6) is 0. The molecule has 10 heavy (non-hydrogen) atoms. The first-order chi connectivity index (χ1) is 4.61. The van der Waals surface area contributed by atoms with Gasteiger partial charge in [0, 0.05) is 10.9 Å². The first-order valence-corrected chi connectivity index (χ1v) is 4.70. The summed E-state index contributed by atoms with van der Waals surface area (Å²) >= 11 is 3.62. The van der Waals surface area contributed by atoms with Crippen LogP contribution in [0.2, 0.25) is 0 Å². The number of rotatable bonds is 1. The van der Waals surface area contributed by atoms with Crippen molar-refractivity contribution in [3.8, 4) is 0 Å². The van der Waals surface area contributed by atoms with Crippen molar-refractivity contribution in [3.63, 3.8) is 0 Å². The predicted octanol–water partition coefficient (Wildman–Crippen LogP) is 2.73. The zero-order chi connectivity index (χ0) is 7.61. The molecule has 60 valence electrons. The minimum atomic E-state index is 0.160. The highest BCUT2D eigenvalue weighted by Crippen LogP contribution is 2.29. The van der Waals surface area contributed by atoms with E-state index in [-0.39, 0.29) is 4.32 Å². The molecule has 1 atom stereocenters.